The fourth-order valence-corrected chi connectivity index (χ4v) is 5.19. The number of hydrogen-bond donors (Lipinski definition) is 0. The van der Waals surface area contributed by atoms with Crippen LogP contribution in [0.1, 0.15) is 39.0 Å². The molecule has 0 saturated carbocycles. The van der Waals surface area contributed by atoms with Crippen LogP contribution in [0, 0.1) is 6.85 Å². The van der Waals surface area contributed by atoms with Gasteiger partial charge in [-0.15, -0.1) is 0 Å². The van der Waals surface area contributed by atoms with Gasteiger partial charge in [-0.05, 0) is 76.2 Å². The third-order valence-corrected chi connectivity index (χ3v) is 6.74. The van der Waals surface area contributed by atoms with Crippen LogP contribution in [0.15, 0.2) is 95.7 Å². The second kappa shape index (κ2) is 10.3. The van der Waals surface area contributed by atoms with E-state index in [9.17, 15) is 13.2 Å². The standard InChI is InChI=1S/C34H29F3N4O/c1-21-31-27-19-25(41(33(2,3)4)24-11-9-10-22(16-24)28-12-5-7-14-38-28)18-26(29-13-6-8-15-39-29)32(27)42-30(31)17-23(40-21)20-34(35,36)37/h5-19H,20H2,1-4H3/i1D3,20D2. The van der Waals surface area contributed by atoms with E-state index >= 15 is 0 Å². The largest absolute Gasteiger partial charge is 0.455 e. The Morgan fingerprint density at radius 2 is 1.60 bits per heavy atom. The first-order valence-corrected chi connectivity index (χ1v) is 13.2. The van der Waals surface area contributed by atoms with Gasteiger partial charge in [0.2, 0.25) is 0 Å². The van der Waals surface area contributed by atoms with Gasteiger partial charge < -0.3 is 9.32 Å². The van der Waals surface area contributed by atoms with Crippen LogP contribution in [0.2, 0.25) is 0 Å². The number of aryl methyl sites for hydroxylation is 1. The summed E-state index contributed by atoms with van der Waals surface area (Å²) in [6, 6.07) is 23.1. The number of halogens is 3. The van der Waals surface area contributed by atoms with Gasteiger partial charge in [0.15, 0.2) is 0 Å². The lowest BCUT2D eigenvalue weighted by atomic mass is 9.98. The summed E-state index contributed by atoms with van der Waals surface area (Å²) in [6.07, 6.45) is -5.99. The first-order chi connectivity index (χ1) is 22.0. The molecule has 6 rings (SSSR count). The Kier molecular flexibility index (Phi) is 5.37. The first kappa shape index (κ1) is 22.0. The second-order valence-corrected chi connectivity index (χ2v) is 10.8. The molecular formula is C34H29F3N4O. The zero-order valence-corrected chi connectivity index (χ0v) is 23.0. The summed E-state index contributed by atoms with van der Waals surface area (Å²) >= 11 is 0. The van der Waals surface area contributed by atoms with Gasteiger partial charge in [-0.25, -0.2) is 0 Å². The third kappa shape index (κ3) is 5.32. The number of benzene rings is 2. The van der Waals surface area contributed by atoms with Crippen molar-refractivity contribution in [1.29, 1.82) is 0 Å². The van der Waals surface area contributed by atoms with Crippen molar-refractivity contribution in [2.75, 3.05) is 4.90 Å². The van der Waals surface area contributed by atoms with Crippen LogP contribution in [-0.4, -0.2) is 26.7 Å². The normalized spacial score (nSPS) is 14.7. The average molecular weight is 572 g/mol. The van der Waals surface area contributed by atoms with Gasteiger partial charge in [0.1, 0.15) is 11.2 Å². The van der Waals surface area contributed by atoms with E-state index in [1.54, 1.807) is 36.7 Å². The van der Waals surface area contributed by atoms with Gasteiger partial charge in [-0.1, -0.05) is 24.3 Å². The maximum Gasteiger partial charge on any atom is 0.394 e. The van der Waals surface area contributed by atoms with Gasteiger partial charge >= 0.3 is 6.18 Å². The molecule has 0 amide bonds. The average Bonchev–Trinajstić information content (AvgIpc) is 3.38. The Bertz CT molecular complexity index is 2090. The molecular weight excluding hydrogens is 537 g/mol. The maximum atomic E-state index is 13.8. The molecule has 0 aliphatic carbocycles. The lowest BCUT2D eigenvalue weighted by molar-refractivity contribution is -0.127. The van der Waals surface area contributed by atoms with Crippen LogP contribution < -0.4 is 4.90 Å². The number of furan rings is 1. The highest BCUT2D eigenvalue weighted by molar-refractivity contribution is 6.12. The van der Waals surface area contributed by atoms with Crippen molar-refractivity contribution >= 4 is 33.3 Å². The zero-order chi connectivity index (χ0) is 33.9. The number of nitrogens with zero attached hydrogens (tertiary/aromatic N) is 4. The topological polar surface area (TPSA) is 55.1 Å². The van der Waals surface area contributed by atoms with Crippen molar-refractivity contribution in [3.63, 3.8) is 0 Å². The number of anilines is 2. The number of hydrogen-bond acceptors (Lipinski definition) is 5. The summed E-state index contributed by atoms with van der Waals surface area (Å²) in [7, 11) is 0. The third-order valence-electron chi connectivity index (χ3n) is 6.74. The summed E-state index contributed by atoms with van der Waals surface area (Å²) in [4.78, 5) is 14.8. The smallest absolute Gasteiger partial charge is 0.394 e. The van der Waals surface area contributed by atoms with E-state index in [1.165, 1.54) is 0 Å². The molecule has 0 fully saturated rings. The molecule has 4 aromatic heterocycles. The van der Waals surface area contributed by atoms with Crippen molar-refractivity contribution in [2.45, 2.75) is 45.7 Å². The molecule has 6 aromatic rings. The monoisotopic (exact) mass is 571 g/mol. The Hall–Kier alpha value is -4.72. The number of fused-ring (bicyclic) bond motifs is 3. The lowest BCUT2D eigenvalue weighted by Crippen LogP contribution is -2.37. The van der Waals surface area contributed by atoms with Crippen molar-refractivity contribution in [3.05, 3.63) is 103 Å². The summed E-state index contributed by atoms with van der Waals surface area (Å²) in [5, 5.41) is 0.253. The quantitative estimate of drug-likeness (QED) is 0.206. The van der Waals surface area contributed by atoms with E-state index in [0.717, 1.165) is 23.0 Å². The van der Waals surface area contributed by atoms with Crippen molar-refractivity contribution < 1.29 is 24.4 Å². The maximum absolute atomic E-state index is 13.8. The minimum absolute atomic E-state index is 0.0307. The molecule has 0 spiro atoms. The number of rotatable bonds is 5. The summed E-state index contributed by atoms with van der Waals surface area (Å²) in [5.74, 6) is 0. The van der Waals surface area contributed by atoms with Crippen molar-refractivity contribution in [2.24, 2.45) is 0 Å². The Labute approximate surface area is 248 Å². The van der Waals surface area contributed by atoms with Gasteiger partial charge in [-0.2, -0.15) is 13.2 Å². The number of aromatic nitrogens is 3. The van der Waals surface area contributed by atoms with E-state index in [-0.39, 0.29) is 21.9 Å². The van der Waals surface area contributed by atoms with E-state index in [1.807, 2.05) is 69.3 Å². The van der Waals surface area contributed by atoms with E-state index in [0.29, 0.717) is 16.9 Å². The van der Waals surface area contributed by atoms with Gasteiger partial charge in [-0.3, -0.25) is 15.0 Å². The Balaban J connectivity index is 1.69. The number of pyridine rings is 3. The highest BCUT2D eigenvalue weighted by Gasteiger charge is 2.30. The molecule has 0 atom stereocenters. The van der Waals surface area contributed by atoms with Crippen LogP contribution in [0.3, 0.4) is 0 Å². The molecule has 4 heterocycles. The zero-order valence-electron chi connectivity index (χ0n) is 28.0. The number of alkyl halides is 3. The molecule has 5 nitrogen and oxygen atoms in total. The summed E-state index contributed by atoms with van der Waals surface area (Å²) < 4.78 is 87.7. The molecule has 0 N–H and O–H groups in total. The fraction of sp³-hybridized carbons (Fsp3) is 0.206. The second-order valence-electron chi connectivity index (χ2n) is 10.8. The van der Waals surface area contributed by atoms with Crippen LogP contribution >= 0.6 is 0 Å². The molecule has 8 heteroatoms. The predicted molar refractivity (Wildman–Crippen MR) is 161 cm³/mol. The van der Waals surface area contributed by atoms with Gasteiger partial charge in [0.25, 0.3) is 0 Å². The van der Waals surface area contributed by atoms with Gasteiger partial charge in [0, 0.05) is 69.8 Å². The molecule has 0 bridgehead atoms. The lowest BCUT2D eigenvalue weighted by Gasteiger charge is -2.38. The highest BCUT2D eigenvalue weighted by Crippen LogP contribution is 2.43. The highest BCUT2D eigenvalue weighted by atomic mass is 19.4. The Morgan fingerprint density at radius 1 is 0.857 bits per heavy atom. The molecule has 0 unspecified atom stereocenters. The minimum atomic E-state index is -5.35. The van der Waals surface area contributed by atoms with Crippen molar-refractivity contribution in [3.8, 4) is 22.5 Å². The minimum Gasteiger partial charge on any atom is -0.455 e. The molecule has 0 saturated heterocycles. The Morgan fingerprint density at radius 3 is 2.24 bits per heavy atom. The van der Waals surface area contributed by atoms with E-state index in [4.69, 9.17) is 11.3 Å². The van der Waals surface area contributed by atoms with Crippen molar-refractivity contribution in [1.82, 2.24) is 15.0 Å². The van der Waals surface area contributed by atoms with Crippen LogP contribution in [0.25, 0.3) is 44.5 Å². The molecule has 42 heavy (non-hydrogen) atoms. The molecule has 0 aliphatic heterocycles. The van der Waals surface area contributed by atoms with Crippen LogP contribution in [0.5, 0.6) is 0 Å². The first-order valence-electron chi connectivity index (χ1n) is 15.7. The van der Waals surface area contributed by atoms with Gasteiger partial charge in [0.05, 0.1) is 23.5 Å². The SMILES string of the molecule is [2H]C([2H])([2H])c1nc(C([2H])([2H])C(F)(F)F)cc2oc3c(-c4ccccn4)cc(N(c4cccc(-c5ccccn5)c4)C(C)(C)C)cc3c12. The van der Waals surface area contributed by atoms with Crippen LogP contribution in [0.4, 0.5) is 24.5 Å². The molecule has 0 radical (unpaired) electrons. The molecule has 212 valence electrons. The van der Waals surface area contributed by atoms with E-state index < -0.39 is 36.3 Å². The predicted octanol–water partition coefficient (Wildman–Crippen LogP) is 9.45. The summed E-state index contributed by atoms with van der Waals surface area (Å²) in [5.41, 5.74) is 1.60. The molecule has 0 aliphatic rings. The van der Waals surface area contributed by atoms with Crippen LogP contribution in [-0.2, 0) is 6.37 Å². The fourth-order valence-electron chi connectivity index (χ4n) is 5.19. The summed E-state index contributed by atoms with van der Waals surface area (Å²) in [6.45, 7) is 3.03. The molecule has 2 aromatic carbocycles. The van der Waals surface area contributed by atoms with E-state index in [2.05, 4.69) is 19.9 Å².